The highest BCUT2D eigenvalue weighted by Crippen LogP contribution is 2.08. The molecule has 1 amide bonds. The number of rotatable bonds is 5. The number of nitrogen functional groups attached to an aromatic ring is 1. The fraction of sp³-hybridized carbons (Fsp3) is 0.444. The van der Waals surface area contributed by atoms with Crippen molar-refractivity contribution in [3.05, 3.63) is 18.3 Å². The maximum absolute atomic E-state index is 11.8. The Kier molecular flexibility index (Phi) is 3.84. The second kappa shape index (κ2) is 5.14. The Bertz CT molecular complexity index is 348. The molecule has 0 unspecified atom stereocenters. The molecule has 0 aliphatic heterocycles. The summed E-state index contributed by atoms with van der Waals surface area (Å²) in [5, 5.41) is 6.82. The predicted octanol–water partition coefficient (Wildman–Crippen LogP) is 0.690. The van der Waals surface area contributed by atoms with Crippen LogP contribution in [0.3, 0.4) is 0 Å². The first kappa shape index (κ1) is 11.2. The number of carbonyl (C=O) groups is 1. The molecule has 0 aliphatic carbocycles. The number of carbonyl (C=O) groups excluding carboxylic acids is 1. The lowest BCUT2D eigenvalue weighted by Crippen LogP contribution is -2.32. The minimum absolute atomic E-state index is 0.0187. The highest BCUT2D eigenvalue weighted by molar-refractivity contribution is 5.96. The van der Waals surface area contributed by atoms with E-state index in [1.165, 1.54) is 0 Å². The van der Waals surface area contributed by atoms with Gasteiger partial charge in [0, 0.05) is 13.1 Å². The SMILES string of the molecule is C=CCN(CCC)C(=O)c1nonc1N. The van der Waals surface area contributed by atoms with Gasteiger partial charge in [-0.05, 0) is 16.7 Å². The molecule has 6 heteroatoms. The van der Waals surface area contributed by atoms with Gasteiger partial charge in [0.05, 0.1) is 0 Å². The quantitative estimate of drug-likeness (QED) is 0.722. The van der Waals surface area contributed by atoms with E-state index < -0.39 is 0 Å². The fourth-order valence-electron chi connectivity index (χ4n) is 1.20. The molecule has 0 aliphatic rings. The lowest BCUT2D eigenvalue weighted by molar-refractivity contribution is 0.0763. The van der Waals surface area contributed by atoms with Gasteiger partial charge in [-0.15, -0.1) is 6.58 Å². The summed E-state index contributed by atoms with van der Waals surface area (Å²) in [6, 6.07) is 0. The Morgan fingerprint density at radius 1 is 1.67 bits per heavy atom. The normalized spacial score (nSPS) is 9.93. The van der Waals surface area contributed by atoms with Crippen molar-refractivity contribution in [3.8, 4) is 0 Å². The van der Waals surface area contributed by atoms with Crippen molar-refractivity contribution in [3.63, 3.8) is 0 Å². The predicted molar refractivity (Wildman–Crippen MR) is 55.1 cm³/mol. The zero-order chi connectivity index (χ0) is 11.3. The summed E-state index contributed by atoms with van der Waals surface area (Å²) in [5.41, 5.74) is 5.49. The Morgan fingerprint density at radius 2 is 2.40 bits per heavy atom. The molecule has 0 bridgehead atoms. The van der Waals surface area contributed by atoms with Gasteiger partial charge in [-0.25, -0.2) is 4.63 Å². The molecule has 82 valence electrons. The lowest BCUT2D eigenvalue weighted by Gasteiger charge is -2.18. The molecule has 0 aromatic carbocycles. The maximum atomic E-state index is 11.8. The summed E-state index contributed by atoms with van der Waals surface area (Å²) in [6.07, 6.45) is 2.50. The minimum atomic E-state index is -0.282. The molecular weight excluding hydrogens is 196 g/mol. The van der Waals surface area contributed by atoms with Gasteiger partial charge in [-0.2, -0.15) is 0 Å². The molecule has 1 rings (SSSR count). The van der Waals surface area contributed by atoms with Gasteiger partial charge >= 0.3 is 0 Å². The number of anilines is 1. The van der Waals surface area contributed by atoms with Gasteiger partial charge in [-0.3, -0.25) is 4.79 Å². The molecule has 15 heavy (non-hydrogen) atoms. The molecule has 1 heterocycles. The van der Waals surface area contributed by atoms with Gasteiger partial charge in [0.2, 0.25) is 11.5 Å². The van der Waals surface area contributed by atoms with E-state index in [1.807, 2.05) is 6.92 Å². The Hall–Kier alpha value is -1.85. The average Bonchev–Trinajstić information content (AvgIpc) is 2.63. The van der Waals surface area contributed by atoms with Crippen molar-refractivity contribution < 1.29 is 9.42 Å². The molecule has 0 radical (unpaired) electrons. The van der Waals surface area contributed by atoms with E-state index in [2.05, 4.69) is 21.5 Å². The van der Waals surface area contributed by atoms with Crippen LogP contribution in [0.15, 0.2) is 17.3 Å². The van der Waals surface area contributed by atoms with Crippen LogP contribution < -0.4 is 5.73 Å². The standard InChI is InChI=1S/C9H14N4O2/c1-3-5-13(6-4-2)9(14)7-8(10)12-15-11-7/h3H,1,4-6H2,2H3,(H2,10,12). The minimum Gasteiger partial charge on any atom is -0.379 e. The number of aromatic nitrogens is 2. The van der Waals surface area contributed by atoms with Crippen LogP contribution in [0.4, 0.5) is 5.82 Å². The van der Waals surface area contributed by atoms with Crippen molar-refractivity contribution in [2.24, 2.45) is 0 Å². The van der Waals surface area contributed by atoms with E-state index in [4.69, 9.17) is 5.73 Å². The molecular formula is C9H14N4O2. The summed E-state index contributed by atoms with van der Waals surface area (Å²) in [5.74, 6) is -0.263. The number of nitrogens with zero attached hydrogens (tertiary/aromatic N) is 3. The first-order valence-electron chi connectivity index (χ1n) is 4.68. The van der Waals surface area contributed by atoms with Crippen LogP contribution in [-0.2, 0) is 0 Å². The van der Waals surface area contributed by atoms with Crippen LogP contribution in [0.2, 0.25) is 0 Å². The summed E-state index contributed by atoms with van der Waals surface area (Å²) in [6.45, 7) is 6.64. The van der Waals surface area contributed by atoms with E-state index >= 15 is 0 Å². The highest BCUT2D eigenvalue weighted by atomic mass is 16.6. The lowest BCUT2D eigenvalue weighted by atomic mass is 10.3. The smallest absolute Gasteiger partial charge is 0.280 e. The highest BCUT2D eigenvalue weighted by Gasteiger charge is 2.21. The van der Waals surface area contributed by atoms with Crippen LogP contribution in [0.25, 0.3) is 0 Å². The zero-order valence-corrected chi connectivity index (χ0v) is 8.64. The molecule has 0 spiro atoms. The van der Waals surface area contributed by atoms with E-state index in [-0.39, 0.29) is 17.4 Å². The number of hydrogen-bond acceptors (Lipinski definition) is 5. The monoisotopic (exact) mass is 210 g/mol. The third-order valence-corrected chi connectivity index (χ3v) is 1.85. The van der Waals surface area contributed by atoms with Gasteiger partial charge in [0.25, 0.3) is 5.91 Å². The maximum Gasteiger partial charge on any atom is 0.280 e. The summed E-state index contributed by atoms with van der Waals surface area (Å²) < 4.78 is 4.37. The molecule has 6 nitrogen and oxygen atoms in total. The van der Waals surface area contributed by atoms with Gasteiger partial charge in [0.15, 0.2) is 0 Å². The number of hydrogen-bond donors (Lipinski definition) is 1. The van der Waals surface area contributed by atoms with E-state index in [0.29, 0.717) is 13.1 Å². The van der Waals surface area contributed by atoms with E-state index in [9.17, 15) is 4.79 Å². The summed E-state index contributed by atoms with van der Waals surface area (Å²) >= 11 is 0. The van der Waals surface area contributed by atoms with Crippen LogP contribution in [-0.4, -0.2) is 34.2 Å². The van der Waals surface area contributed by atoms with Crippen LogP contribution >= 0.6 is 0 Å². The summed E-state index contributed by atoms with van der Waals surface area (Å²) in [7, 11) is 0. The number of nitrogens with two attached hydrogens (primary N) is 1. The zero-order valence-electron chi connectivity index (χ0n) is 8.64. The second-order valence-corrected chi connectivity index (χ2v) is 3.04. The van der Waals surface area contributed by atoms with Crippen molar-refractivity contribution in [2.45, 2.75) is 13.3 Å². The van der Waals surface area contributed by atoms with Gasteiger partial charge in [-0.1, -0.05) is 13.0 Å². The largest absolute Gasteiger partial charge is 0.379 e. The van der Waals surface area contributed by atoms with Crippen molar-refractivity contribution in [2.75, 3.05) is 18.8 Å². The molecule has 1 aromatic heterocycles. The summed E-state index contributed by atoms with van der Waals surface area (Å²) in [4.78, 5) is 13.4. The van der Waals surface area contributed by atoms with Crippen LogP contribution in [0, 0.1) is 0 Å². The van der Waals surface area contributed by atoms with Gasteiger partial charge < -0.3 is 10.6 Å². The van der Waals surface area contributed by atoms with Crippen LogP contribution in [0.5, 0.6) is 0 Å². The third-order valence-electron chi connectivity index (χ3n) is 1.85. The molecule has 0 atom stereocenters. The van der Waals surface area contributed by atoms with Crippen molar-refractivity contribution in [1.82, 2.24) is 15.2 Å². The molecule has 0 fully saturated rings. The number of amides is 1. The Balaban J connectivity index is 2.80. The second-order valence-electron chi connectivity index (χ2n) is 3.04. The Labute approximate surface area is 87.7 Å². The van der Waals surface area contributed by atoms with Crippen LogP contribution in [0.1, 0.15) is 23.8 Å². The average molecular weight is 210 g/mol. The van der Waals surface area contributed by atoms with E-state index in [1.54, 1.807) is 11.0 Å². The molecule has 1 aromatic rings. The van der Waals surface area contributed by atoms with Crippen molar-refractivity contribution in [1.29, 1.82) is 0 Å². The first-order chi connectivity index (χ1) is 7.20. The van der Waals surface area contributed by atoms with E-state index in [0.717, 1.165) is 6.42 Å². The Morgan fingerprint density at radius 3 is 2.87 bits per heavy atom. The topological polar surface area (TPSA) is 85.2 Å². The molecule has 0 saturated carbocycles. The molecule has 2 N–H and O–H groups in total. The van der Waals surface area contributed by atoms with Crippen molar-refractivity contribution >= 4 is 11.7 Å². The third kappa shape index (κ3) is 2.55. The van der Waals surface area contributed by atoms with Gasteiger partial charge in [0.1, 0.15) is 0 Å². The first-order valence-corrected chi connectivity index (χ1v) is 4.68. The molecule has 0 saturated heterocycles. The fourth-order valence-corrected chi connectivity index (χ4v) is 1.20.